The number of carboxylic acid groups (broad SMARTS) is 1. The summed E-state index contributed by atoms with van der Waals surface area (Å²) in [5, 5.41) is 11.5. The number of hydrogen-bond acceptors (Lipinski definition) is 6. The van der Waals surface area contributed by atoms with Crippen molar-refractivity contribution in [2.45, 2.75) is 49.9 Å². The fourth-order valence-electron chi connectivity index (χ4n) is 2.39. The number of amides is 2. The minimum Gasteiger partial charge on any atom is -0.481 e. The molecular weight excluding hydrogens is 360 g/mol. The molecular formula is C16H22N4O3S2. The molecule has 0 unspecified atom stereocenters. The second-order valence-electron chi connectivity index (χ2n) is 5.89. The molecule has 25 heavy (non-hydrogen) atoms. The number of aliphatic carboxylic acids is 1. The third kappa shape index (κ3) is 5.57. The van der Waals surface area contributed by atoms with E-state index < -0.39 is 5.97 Å². The molecule has 0 fully saturated rings. The second kappa shape index (κ2) is 9.00. The highest BCUT2D eigenvalue weighted by Crippen LogP contribution is 2.26. The number of anilines is 1. The van der Waals surface area contributed by atoms with E-state index in [4.69, 9.17) is 5.11 Å². The first kappa shape index (κ1) is 19.5. The molecule has 2 rings (SSSR count). The molecule has 0 aliphatic rings. The van der Waals surface area contributed by atoms with E-state index in [0.717, 1.165) is 23.2 Å². The van der Waals surface area contributed by atoms with Gasteiger partial charge >= 0.3 is 12.0 Å². The Morgan fingerprint density at radius 3 is 2.72 bits per heavy atom. The van der Waals surface area contributed by atoms with Gasteiger partial charge in [-0.25, -0.2) is 14.8 Å². The molecule has 9 heteroatoms. The largest absolute Gasteiger partial charge is 0.481 e. The van der Waals surface area contributed by atoms with E-state index in [0.29, 0.717) is 23.1 Å². The molecule has 0 aromatic carbocycles. The van der Waals surface area contributed by atoms with Crippen LogP contribution in [-0.2, 0) is 4.79 Å². The molecule has 2 aromatic heterocycles. The van der Waals surface area contributed by atoms with Gasteiger partial charge in [-0.05, 0) is 38.8 Å². The Hall–Kier alpha value is -1.87. The highest BCUT2D eigenvalue weighted by atomic mass is 32.2. The molecule has 0 atom stereocenters. The number of unbranched alkanes of at least 4 members (excludes halogenated alkanes) is 2. The summed E-state index contributed by atoms with van der Waals surface area (Å²) in [6.45, 7) is 4.36. The number of carboxylic acids is 1. The summed E-state index contributed by atoms with van der Waals surface area (Å²) in [6, 6.07) is 3.35. The van der Waals surface area contributed by atoms with E-state index in [1.165, 1.54) is 11.3 Å². The quantitative estimate of drug-likeness (QED) is 0.479. The summed E-state index contributed by atoms with van der Waals surface area (Å²) in [5.41, 5.74) is 0.765. The summed E-state index contributed by atoms with van der Waals surface area (Å²) >= 11 is 5.61. The molecule has 0 bridgehead atoms. The molecule has 0 radical (unpaired) electrons. The number of carbonyl (C=O) groups excluding carboxylic acids is 1. The first-order valence-corrected chi connectivity index (χ1v) is 9.40. The first-order valence-electron chi connectivity index (χ1n) is 8.14. The number of fused-ring (bicyclic) bond motifs is 1. The van der Waals surface area contributed by atoms with Gasteiger partial charge in [-0.3, -0.25) is 9.69 Å². The van der Waals surface area contributed by atoms with Crippen LogP contribution in [-0.4, -0.2) is 39.7 Å². The zero-order chi connectivity index (χ0) is 18.4. The maximum atomic E-state index is 12.5. The smallest absolute Gasteiger partial charge is 0.323 e. The van der Waals surface area contributed by atoms with Gasteiger partial charge < -0.3 is 10.4 Å². The minimum absolute atomic E-state index is 0.0552. The molecule has 0 aliphatic carbocycles. The van der Waals surface area contributed by atoms with Crippen molar-refractivity contribution in [3.8, 4) is 0 Å². The lowest BCUT2D eigenvalue weighted by molar-refractivity contribution is -0.137. The Balaban J connectivity index is 1.96. The summed E-state index contributed by atoms with van der Waals surface area (Å²) in [7, 11) is 0. The third-order valence-corrected chi connectivity index (χ3v) is 4.70. The van der Waals surface area contributed by atoms with E-state index >= 15 is 0 Å². The number of aromatic nitrogens is 2. The van der Waals surface area contributed by atoms with Crippen molar-refractivity contribution in [1.29, 1.82) is 0 Å². The lowest BCUT2D eigenvalue weighted by atomic mass is 10.2. The molecule has 2 N–H and O–H groups in total. The van der Waals surface area contributed by atoms with Gasteiger partial charge in [0.05, 0.1) is 0 Å². The van der Waals surface area contributed by atoms with Crippen molar-refractivity contribution in [3.05, 3.63) is 12.1 Å². The van der Waals surface area contributed by atoms with E-state index in [1.807, 2.05) is 19.9 Å². The normalized spacial score (nSPS) is 11.0. The van der Waals surface area contributed by atoms with Crippen LogP contribution in [0.4, 0.5) is 10.6 Å². The van der Waals surface area contributed by atoms with Crippen molar-refractivity contribution in [2.24, 2.45) is 0 Å². The van der Waals surface area contributed by atoms with Crippen molar-refractivity contribution >= 4 is 52.1 Å². The average molecular weight is 383 g/mol. The van der Waals surface area contributed by atoms with Gasteiger partial charge in [0, 0.05) is 19.0 Å². The molecule has 0 aliphatic heterocycles. The Morgan fingerprint density at radius 2 is 2.04 bits per heavy atom. The van der Waals surface area contributed by atoms with Gasteiger partial charge in [0.25, 0.3) is 0 Å². The van der Waals surface area contributed by atoms with Crippen LogP contribution < -0.4 is 10.2 Å². The molecule has 2 heterocycles. The zero-order valence-corrected chi connectivity index (χ0v) is 15.9. The van der Waals surface area contributed by atoms with Crippen LogP contribution in [0.1, 0.15) is 39.5 Å². The van der Waals surface area contributed by atoms with Crippen molar-refractivity contribution < 1.29 is 14.7 Å². The summed E-state index contributed by atoms with van der Waals surface area (Å²) in [5.74, 6) is -0.216. The molecule has 136 valence electrons. The number of rotatable bonds is 8. The molecule has 7 nitrogen and oxygen atoms in total. The standard InChI is InChI=1S/C16H22N4O3S2/c1-10(2)20(15(23)17-9-5-3-4-6-13(21)22)12-8-7-11-14(19-12)25-16(24)18-11/h7-8,10H,3-6,9H2,1-2H3,(H,17,23)(H,18,24)(H,21,22). The van der Waals surface area contributed by atoms with E-state index in [9.17, 15) is 9.59 Å². The molecule has 0 spiro atoms. The number of pyridine rings is 1. The lowest BCUT2D eigenvalue weighted by Gasteiger charge is -2.26. The SMILES string of the molecule is CC(C)N(C(=O)NCCCCCC(=O)O)c1ccc2nc(S)sc2n1. The fourth-order valence-corrected chi connectivity index (χ4v) is 3.43. The van der Waals surface area contributed by atoms with E-state index in [1.54, 1.807) is 11.0 Å². The van der Waals surface area contributed by atoms with Gasteiger partial charge in [0.2, 0.25) is 0 Å². The third-order valence-electron chi connectivity index (χ3n) is 3.56. The topological polar surface area (TPSA) is 95.4 Å². The van der Waals surface area contributed by atoms with Gasteiger partial charge in [0.15, 0.2) is 0 Å². The first-order chi connectivity index (χ1) is 11.9. The Morgan fingerprint density at radius 1 is 1.28 bits per heavy atom. The molecule has 2 aromatic rings. The predicted octanol–water partition coefficient (Wildman–Crippen LogP) is 3.55. The zero-order valence-electron chi connectivity index (χ0n) is 14.2. The number of carbonyl (C=O) groups is 2. The van der Waals surface area contributed by atoms with Crippen LogP contribution in [0.2, 0.25) is 0 Å². The van der Waals surface area contributed by atoms with E-state index in [-0.39, 0.29) is 18.5 Å². The Labute approximate surface area is 155 Å². The number of nitrogens with zero attached hydrogens (tertiary/aromatic N) is 3. The van der Waals surface area contributed by atoms with Gasteiger partial charge in [0.1, 0.15) is 20.5 Å². The monoisotopic (exact) mass is 382 g/mol. The number of nitrogens with one attached hydrogen (secondary N) is 1. The van der Waals surface area contributed by atoms with Crippen LogP contribution in [0.3, 0.4) is 0 Å². The van der Waals surface area contributed by atoms with Gasteiger partial charge in [-0.2, -0.15) is 0 Å². The predicted molar refractivity (Wildman–Crippen MR) is 102 cm³/mol. The fraction of sp³-hybridized carbons (Fsp3) is 0.500. The second-order valence-corrected chi connectivity index (χ2v) is 7.59. The average Bonchev–Trinajstić information content (AvgIpc) is 2.89. The van der Waals surface area contributed by atoms with E-state index in [2.05, 4.69) is 27.9 Å². The number of hydrogen-bond donors (Lipinski definition) is 3. The Bertz CT molecular complexity index is 748. The van der Waals surface area contributed by atoms with Crippen molar-refractivity contribution in [3.63, 3.8) is 0 Å². The minimum atomic E-state index is -0.788. The summed E-state index contributed by atoms with van der Waals surface area (Å²) < 4.78 is 0.640. The molecule has 0 saturated heterocycles. The van der Waals surface area contributed by atoms with Gasteiger partial charge in [-0.15, -0.1) is 12.6 Å². The number of urea groups is 1. The maximum Gasteiger partial charge on any atom is 0.323 e. The van der Waals surface area contributed by atoms with Crippen LogP contribution in [0.25, 0.3) is 10.3 Å². The molecule has 2 amide bonds. The van der Waals surface area contributed by atoms with Gasteiger partial charge in [-0.1, -0.05) is 17.8 Å². The van der Waals surface area contributed by atoms with Crippen molar-refractivity contribution in [2.75, 3.05) is 11.4 Å². The summed E-state index contributed by atoms with van der Waals surface area (Å²) in [6.07, 6.45) is 2.30. The summed E-state index contributed by atoms with van der Waals surface area (Å²) in [4.78, 5) is 34.1. The molecule has 0 saturated carbocycles. The van der Waals surface area contributed by atoms with Crippen LogP contribution in [0.15, 0.2) is 16.5 Å². The van der Waals surface area contributed by atoms with Crippen LogP contribution in [0.5, 0.6) is 0 Å². The number of thiazole rings is 1. The highest BCUT2D eigenvalue weighted by Gasteiger charge is 2.20. The maximum absolute atomic E-state index is 12.5. The van der Waals surface area contributed by atoms with Crippen LogP contribution >= 0.6 is 24.0 Å². The lowest BCUT2D eigenvalue weighted by Crippen LogP contribution is -2.45. The highest BCUT2D eigenvalue weighted by molar-refractivity contribution is 7.82. The van der Waals surface area contributed by atoms with Crippen molar-refractivity contribution in [1.82, 2.24) is 15.3 Å². The number of thiol groups is 1. The van der Waals surface area contributed by atoms with Crippen LogP contribution in [0, 0.1) is 0 Å². The Kier molecular flexibility index (Phi) is 7.01.